The molecule has 0 bridgehead atoms. The van der Waals surface area contributed by atoms with E-state index >= 15 is 0 Å². The molecular formula is C20H35N2O6. The monoisotopic (exact) mass is 399 g/mol. The third kappa shape index (κ3) is 7.13. The second-order valence-corrected chi connectivity index (χ2v) is 9.65. The van der Waals surface area contributed by atoms with Gasteiger partial charge in [0.15, 0.2) is 0 Å². The standard InChI is InChI=1S/C20H35N2O6/c1-11-12-14(24)22(16(26)28-19(8,9)10)20(13-23,17(2,3)4)21-15(25)27-18(5,6)7/h11-12H2,1-10H3,(H,21,25)/t20-/m1/s1. The molecule has 0 fully saturated rings. The maximum atomic E-state index is 12.9. The second-order valence-electron chi connectivity index (χ2n) is 9.65. The summed E-state index contributed by atoms with van der Waals surface area (Å²) in [5.41, 5.74) is -4.99. The predicted molar refractivity (Wildman–Crippen MR) is 105 cm³/mol. The van der Waals surface area contributed by atoms with Crippen LogP contribution >= 0.6 is 0 Å². The summed E-state index contributed by atoms with van der Waals surface area (Å²) in [6.07, 6.45) is 0.139. The number of amides is 3. The molecule has 8 nitrogen and oxygen atoms in total. The summed E-state index contributed by atoms with van der Waals surface area (Å²) in [7, 11) is 0. The molecule has 0 aromatic rings. The highest BCUT2D eigenvalue weighted by Crippen LogP contribution is 2.34. The maximum absolute atomic E-state index is 12.9. The van der Waals surface area contributed by atoms with Crippen molar-refractivity contribution < 1.29 is 28.7 Å². The summed E-state index contributed by atoms with van der Waals surface area (Å²) in [6, 6.07) is 0. The van der Waals surface area contributed by atoms with Crippen LogP contribution in [0.25, 0.3) is 0 Å². The molecule has 0 heterocycles. The van der Waals surface area contributed by atoms with Crippen LogP contribution in [0.2, 0.25) is 0 Å². The molecule has 0 aromatic heterocycles. The quantitative estimate of drug-likeness (QED) is 0.703. The molecule has 1 N–H and O–H groups in total. The number of alkyl carbamates (subject to hydrolysis) is 1. The Morgan fingerprint density at radius 1 is 0.893 bits per heavy atom. The molecule has 0 aromatic carbocycles. The van der Waals surface area contributed by atoms with Crippen molar-refractivity contribution in [3.05, 3.63) is 0 Å². The Hall–Kier alpha value is -2.12. The minimum absolute atomic E-state index is 0.0191. The largest absolute Gasteiger partial charge is 0.444 e. The Balaban J connectivity index is 6.39. The van der Waals surface area contributed by atoms with Gasteiger partial charge in [-0.25, -0.2) is 14.5 Å². The maximum Gasteiger partial charge on any atom is 0.419 e. The van der Waals surface area contributed by atoms with Gasteiger partial charge in [-0.3, -0.25) is 14.9 Å². The number of carbonyl (C=O) groups is 3. The lowest BCUT2D eigenvalue weighted by Crippen LogP contribution is -2.72. The first-order chi connectivity index (χ1) is 12.4. The third-order valence-corrected chi connectivity index (χ3v) is 3.54. The summed E-state index contributed by atoms with van der Waals surface area (Å²) in [5, 5.41) is 2.40. The van der Waals surface area contributed by atoms with Crippen molar-refractivity contribution in [3.8, 4) is 0 Å². The summed E-state index contributed by atoms with van der Waals surface area (Å²) >= 11 is 0. The minimum atomic E-state index is -2.12. The Labute approximate surface area is 168 Å². The van der Waals surface area contributed by atoms with Crippen molar-refractivity contribution in [1.82, 2.24) is 10.2 Å². The Morgan fingerprint density at radius 2 is 1.36 bits per heavy atom. The van der Waals surface area contributed by atoms with Crippen molar-refractivity contribution in [1.29, 1.82) is 0 Å². The van der Waals surface area contributed by atoms with Gasteiger partial charge in [-0.2, -0.15) is 0 Å². The molecule has 8 heteroatoms. The average Bonchev–Trinajstić information content (AvgIpc) is 2.41. The van der Waals surface area contributed by atoms with E-state index in [0.29, 0.717) is 11.3 Å². The number of nitrogens with zero attached hydrogens (tertiary/aromatic N) is 1. The van der Waals surface area contributed by atoms with Gasteiger partial charge >= 0.3 is 12.2 Å². The van der Waals surface area contributed by atoms with E-state index in [4.69, 9.17) is 9.47 Å². The van der Waals surface area contributed by atoms with Gasteiger partial charge in [0.25, 0.3) is 0 Å². The average molecular weight is 400 g/mol. The summed E-state index contributed by atoms with van der Waals surface area (Å²) in [5.74, 6) is -0.661. The van der Waals surface area contributed by atoms with E-state index in [-0.39, 0.29) is 6.42 Å². The molecule has 0 aliphatic rings. The van der Waals surface area contributed by atoms with Crippen molar-refractivity contribution >= 4 is 24.4 Å². The summed E-state index contributed by atoms with van der Waals surface area (Å²) in [6.45, 7) is 16.4. The van der Waals surface area contributed by atoms with Crippen LogP contribution in [0, 0.1) is 5.41 Å². The molecule has 1 radical (unpaired) electrons. The SMILES string of the molecule is CCCC(=O)N(C(=O)OC(C)(C)C)[C@@]([C]=O)(NC(=O)OC(C)(C)C)C(C)(C)C. The molecule has 28 heavy (non-hydrogen) atoms. The topological polar surface area (TPSA) is 102 Å². The van der Waals surface area contributed by atoms with Gasteiger partial charge in [0.1, 0.15) is 11.2 Å². The lowest BCUT2D eigenvalue weighted by Gasteiger charge is -2.46. The third-order valence-electron chi connectivity index (χ3n) is 3.54. The van der Waals surface area contributed by atoms with E-state index in [1.807, 2.05) is 0 Å². The zero-order valence-corrected chi connectivity index (χ0v) is 18.8. The van der Waals surface area contributed by atoms with Gasteiger partial charge in [-0.15, -0.1) is 0 Å². The normalized spacial score (nSPS) is 14.5. The van der Waals surface area contributed by atoms with Gasteiger partial charge in [-0.05, 0) is 48.0 Å². The van der Waals surface area contributed by atoms with Gasteiger partial charge < -0.3 is 9.47 Å². The predicted octanol–water partition coefficient (Wildman–Crippen LogP) is 3.93. The molecule has 1 atom stereocenters. The van der Waals surface area contributed by atoms with E-state index in [0.717, 1.165) is 0 Å². The number of hydrogen-bond donors (Lipinski definition) is 1. The minimum Gasteiger partial charge on any atom is -0.444 e. The van der Waals surface area contributed by atoms with Crippen LogP contribution in [-0.4, -0.2) is 46.1 Å². The second kappa shape index (κ2) is 8.92. The van der Waals surface area contributed by atoms with Crippen LogP contribution in [0.1, 0.15) is 82.1 Å². The van der Waals surface area contributed by atoms with E-state index in [1.54, 1.807) is 75.5 Å². The molecule has 0 rings (SSSR count). The lowest BCUT2D eigenvalue weighted by atomic mass is 9.79. The fraction of sp³-hybridized carbons (Fsp3) is 0.800. The number of carbonyl (C=O) groups excluding carboxylic acids is 4. The number of hydrogen-bond acceptors (Lipinski definition) is 6. The van der Waals surface area contributed by atoms with Crippen LogP contribution in [-0.2, 0) is 19.1 Å². The first-order valence-corrected chi connectivity index (χ1v) is 9.36. The van der Waals surface area contributed by atoms with Crippen LogP contribution in [0.4, 0.5) is 9.59 Å². The molecule has 0 saturated carbocycles. The molecule has 0 spiro atoms. The van der Waals surface area contributed by atoms with Crippen LogP contribution in [0.15, 0.2) is 0 Å². The van der Waals surface area contributed by atoms with Crippen molar-refractivity contribution in [2.24, 2.45) is 5.41 Å². The van der Waals surface area contributed by atoms with Gasteiger partial charge in [0.2, 0.25) is 17.9 Å². The lowest BCUT2D eigenvalue weighted by molar-refractivity contribution is -0.138. The Kier molecular flexibility index (Phi) is 8.25. The number of nitrogens with one attached hydrogen (secondary N) is 1. The van der Waals surface area contributed by atoms with Crippen molar-refractivity contribution in [2.75, 3.05) is 0 Å². The van der Waals surface area contributed by atoms with Gasteiger partial charge in [-0.1, -0.05) is 27.7 Å². The molecule has 0 aliphatic heterocycles. The zero-order chi connectivity index (χ0) is 22.6. The molecule has 0 unspecified atom stereocenters. The molecule has 3 amide bonds. The fourth-order valence-corrected chi connectivity index (χ4v) is 2.31. The van der Waals surface area contributed by atoms with E-state index in [9.17, 15) is 19.2 Å². The summed E-state index contributed by atoms with van der Waals surface area (Å²) in [4.78, 5) is 51.1. The smallest absolute Gasteiger partial charge is 0.419 e. The van der Waals surface area contributed by atoms with E-state index < -0.39 is 40.4 Å². The Morgan fingerprint density at radius 3 is 1.68 bits per heavy atom. The first-order valence-electron chi connectivity index (χ1n) is 9.36. The number of imide groups is 1. The van der Waals surface area contributed by atoms with Crippen LogP contribution in [0.5, 0.6) is 0 Å². The first kappa shape index (κ1) is 25.9. The van der Waals surface area contributed by atoms with Crippen molar-refractivity contribution in [2.45, 2.75) is 98.9 Å². The zero-order valence-electron chi connectivity index (χ0n) is 18.8. The fourth-order valence-electron chi connectivity index (χ4n) is 2.31. The molecule has 0 aliphatic carbocycles. The highest BCUT2D eigenvalue weighted by Gasteiger charge is 2.55. The summed E-state index contributed by atoms with van der Waals surface area (Å²) < 4.78 is 10.6. The van der Waals surface area contributed by atoms with Gasteiger partial charge in [0, 0.05) is 11.8 Å². The van der Waals surface area contributed by atoms with E-state index in [2.05, 4.69) is 5.32 Å². The van der Waals surface area contributed by atoms with Crippen molar-refractivity contribution in [3.63, 3.8) is 0 Å². The van der Waals surface area contributed by atoms with E-state index in [1.165, 1.54) is 0 Å². The molecular weight excluding hydrogens is 364 g/mol. The van der Waals surface area contributed by atoms with Crippen LogP contribution < -0.4 is 5.32 Å². The molecule has 161 valence electrons. The highest BCUT2D eigenvalue weighted by molar-refractivity contribution is 5.97. The van der Waals surface area contributed by atoms with Crippen LogP contribution in [0.3, 0.4) is 0 Å². The highest BCUT2D eigenvalue weighted by atomic mass is 16.6. The molecule has 0 saturated heterocycles. The number of ether oxygens (including phenoxy) is 2. The van der Waals surface area contributed by atoms with Gasteiger partial charge in [0.05, 0.1) is 0 Å². The number of rotatable bonds is 5. The Bertz CT molecular complexity index is 595.